The third kappa shape index (κ3) is 7.71. The number of carbonyl (C=O) groups is 2. The standard InChI is InChI=1S/C7H13NO4S.C3H5NO/c1-4-5(9)6(7(2,3)8)13(10,11)12;1-2-3(4)5/h4,6H,1,8H2,2-3H3,(H,10,11,12);2H,1H2,(H2,4,5). The van der Waals surface area contributed by atoms with Crippen molar-refractivity contribution in [2.75, 3.05) is 0 Å². The molecule has 1 amide bonds. The summed E-state index contributed by atoms with van der Waals surface area (Å²) >= 11 is 0. The van der Waals surface area contributed by atoms with E-state index in [2.05, 4.69) is 18.9 Å². The molecule has 8 heteroatoms. The molecule has 0 aromatic rings. The first-order valence-corrected chi connectivity index (χ1v) is 6.21. The van der Waals surface area contributed by atoms with Crippen LogP contribution in [0.4, 0.5) is 0 Å². The van der Waals surface area contributed by atoms with E-state index in [1.807, 2.05) is 0 Å². The average Bonchev–Trinajstić information content (AvgIpc) is 2.13. The van der Waals surface area contributed by atoms with Gasteiger partial charge in [0.1, 0.15) is 0 Å². The van der Waals surface area contributed by atoms with Gasteiger partial charge in [0.25, 0.3) is 10.1 Å². The lowest BCUT2D eigenvalue weighted by molar-refractivity contribution is -0.115. The van der Waals surface area contributed by atoms with E-state index in [1.165, 1.54) is 13.8 Å². The molecule has 18 heavy (non-hydrogen) atoms. The molecule has 0 saturated carbocycles. The van der Waals surface area contributed by atoms with Gasteiger partial charge in [-0.3, -0.25) is 14.1 Å². The minimum Gasteiger partial charge on any atom is -0.366 e. The second-order valence-electron chi connectivity index (χ2n) is 3.93. The molecule has 0 heterocycles. The number of rotatable bonds is 5. The Balaban J connectivity index is 0. The van der Waals surface area contributed by atoms with Crippen molar-refractivity contribution in [1.29, 1.82) is 0 Å². The zero-order valence-corrected chi connectivity index (χ0v) is 11.1. The Morgan fingerprint density at radius 3 is 1.67 bits per heavy atom. The summed E-state index contributed by atoms with van der Waals surface area (Å²) in [6, 6.07) is 0. The fourth-order valence-corrected chi connectivity index (χ4v) is 2.16. The van der Waals surface area contributed by atoms with Crippen molar-refractivity contribution in [1.82, 2.24) is 0 Å². The maximum atomic E-state index is 11.1. The highest BCUT2D eigenvalue weighted by atomic mass is 32.2. The Morgan fingerprint density at radius 2 is 1.61 bits per heavy atom. The first kappa shape index (κ1) is 18.8. The monoisotopic (exact) mass is 278 g/mol. The zero-order valence-electron chi connectivity index (χ0n) is 10.3. The lowest BCUT2D eigenvalue weighted by atomic mass is 9.98. The fraction of sp³-hybridized carbons (Fsp3) is 0.400. The van der Waals surface area contributed by atoms with E-state index < -0.39 is 32.6 Å². The van der Waals surface area contributed by atoms with Crippen molar-refractivity contribution in [2.45, 2.75) is 24.6 Å². The summed E-state index contributed by atoms with van der Waals surface area (Å²) in [4.78, 5) is 20.5. The van der Waals surface area contributed by atoms with Crippen molar-refractivity contribution in [2.24, 2.45) is 11.5 Å². The topological polar surface area (TPSA) is 141 Å². The van der Waals surface area contributed by atoms with Crippen molar-refractivity contribution in [3.63, 3.8) is 0 Å². The summed E-state index contributed by atoms with van der Waals surface area (Å²) in [7, 11) is -4.48. The maximum absolute atomic E-state index is 11.1. The van der Waals surface area contributed by atoms with Gasteiger partial charge in [0.2, 0.25) is 5.91 Å². The van der Waals surface area contributed by atoms with Gasteiger partial charge in [-0.2, -0.15) is 8.42 Å². The van der Waals surface area contributed by atoms with Crippen LogP contribution in [0.2, 0.25) is 0 Å². The van der Waals surface area contributed by atoms with Crippen LogP contribution < -0.4 is 11.5 Å². The third-order valence-electron chi connectivity index (χ3n) is 1.63. The number of nitrogens with two attached hydrogens (primary N) is 2. The van der Waals surface area contributed by atoms with Crippen molar-refractivity contribution < 1.29 is 22.6 Å². The minimum absolute atomic E-state index is 0.481. The van der Waals surface area contributed by atoms with Crippen LogP contribution in [0.15, 0.2) is 25.3 Å². The van der Waals surface area contributed by atoms with E-state index in [1.54, 1.807) is 0 Å². The van der Waals surface area contributed by atoms with Gasteiger partial charge in [0.05, 0.1) is 0 Å². The molecule has 0 rings (SSSR count). The van der Waals surface area contributed by atoms with Crippen LogP contribution in [-0.4, -0.2) is 35.4 Å². The fourth-order valence-electron chi connectivity index (χ4n) is 1.00. The van der Waals surface area contributed by atoms with E-state index in [0.717, 1.165) is 12.2 Å². The van der Waals surface area contributed by atoms with Crippen LogP contribution in [0.25, 0.3) is 0 Å². The predicted octanol–water partition coefficient (Wildman–Crippen LogP) is -0.607. The Hall–Kier alpha value is -1.51. The highest BCUT2D eigenvalue weighted by Gasteiger charge is 2.40. The van der Waals surface area contributed by atoms with Crippen molar-refractivity contribution >= 4 is 21.8 Å². The smallest absolute Gasteiger partial charge is 0.277 e. The molecule has 0 aromatic heterocycles. The molecule has 7 nitrogen and oxygen atoms in total. The first-order valence-electron chi connectivity index (χ1n) is 4.71. The molecule has 0 aliphatic rings. The summed E-state index contributed by atoms with van der Waals surface area (Å²) in [6.45, 7) is 8.89. The van der Waals surface area contributed by atoms with E-state index in [0.29, 0.717) is 0 Å². The Bertz CT molecular complexity index is 434. The second-order valence-corrected chi connectivity index (χ2v) is 5.43. The second kappa shape index (κ2) is 7.04. The summed E-state index contributed by atoms with van der Waals surface area (Å²) in [5, 5.41) is -1.66. The summed E-state index contributed by atoms with van der Waals surface area (Å²) < 4.78 is 30.3. The molecule has 0 aliphatic carbocycles. The normalized spacial score (nSPS) is 12.7. The molecule has 1 atom stereocenters. The number of hydrogen-bond acceptors (Lipinski definition) is 5. The van der Waals surface area contributed by atoms with Crippen LogP contribution in [0, 0.1) is 0 Å². The Morgan fingerprint density at radius 1 is 1.28 bits per heavy atom. The molecule has 1 unspecified atom stereocenters. The largest absolute Gasteiger partial charge is 0.366 e. The number of hydrogen-bond donors (Lipinski definition) is 3. The molecule has 0 bridgehead atoms. The minimum atomic E-state index is -4.48. The molecule has 0 aromatic carbocycles. The van der Waals surface area contributed by atoms with Crippen LogP contribution >= 0.6 is 0 Å². The molecule has 0 saturated heterocycles. The first-order chi connectivity index (χ1) is 7.87. The predicted molar refractivity (Wildman–Crippen MR) is 68.2 cm³/mol. The van der Waals surface area contributed by atoms with Gasteiger partial charge in [-0.25, -0.2) is 0 Å². The highest BCUT2D eigenvalue weighted by Crippen LogP contribution is 2.15. The van der Waals surface area contributed by atoms with Crippen LogP contribution in [0.3, 0.4) is 0 Å². The molecule has 104 valence electrons. The number of primary amides is 1. The molecule has 0 spiro atoms. The van der Waals surface area contributed by atoms with E-state index >= 15 is 0 Å². The quantitative estimate of drug-likeness (QED) is 0.452. The van der Waals surface area contributed by atoms with Gasteiger partial charge in [-0.05, 0) is 26.0 Å². The van der Waals surface area contributed by atoms with Gasteiger partial charge in [-0.1, -0.05) is 13.2 Å². The SMILES string of the molecule is C=CC(=O)C(C(C)(C)N)S(=O)(=O)O.C=CC(N)=O. The van der Waals surface area contributed by atoms with E-state index in [-0.39, 0.29) is 0 Å². The summed E-state index contributed by atoms with van der Waals surface area (Å²) in [6.07, 6.45) is 1.88. The summed E-state index contributed by atoms with van der Waals surface area (Å²) in [5.41, 5.74) is 8.63. The third-order valence-corrected chi connectivity index (χ3v) is 3.07. The van der Waals surface area contributed by atoms with Crippen LogP contribution in [0.5, 0.6) is 0 Å². The van der Waals surface area contributed by atoms with Crippen LogP contribution in [0.1, 0.15) is 13.8 Å². The Labute approximate surface area is 106 Å². The van der Waals surface area contributed by atoms with Crippen molar-refractivity contribution in [3.05, 3.63) is 25.3 Å². The number of carbonyl (C=O) groups excluding carboxylic acids is 2. The molecule has 5 N–H and O–H groups in total. The van der Waals surface area contributed by atoms with Gasteiger partial charge < -0.3 is 11.5 Å². The molecular formula is C10H18N2O5S. The maximum Gasteiger partial charge on any atom is 0.277 e. The molecule has 0 radical (unpaired) electrons. The number of amides is 1. The van der Waals surface area contributed by atoms with Crippen molar-refractivity contribution in [3.8, 4) is 0 Å². The highest BCUT2D eigenvalue weighted by molar-refractivity contribution is 7.87. The van der Waals surface area contributed by atoms with E-state index in [4.69, 9.17) is 10.3 Å². The average molecular weight is 278 g/mol. The molecular weight excluding hydrogens is 260 g/mol. The molecule has 0 fully saturated rings. The molecule has 0 aliphatic heterocycles. The van der Waals surface area contributed by atoms with E-state index in [9.17, 15) is 18.0 Å². The van der Waals surface area contributed by atoms with Gasteiger partial charge in [0, 0.05) is 5.54 Å². The Kier molecular flexibility index (Phi) is 7.37. The lowest BCUT2D eigenvalue weighted by Gasteiger charge is -2.25. The van der Waals surface area contributed by atoms with Crippen LogP contribution in [-0.2, 0) is 19.7 Å². The van der Waals surface area contributed by atoms with Gasteiger partial charge in [0.15, 0.2) is 11.0 Å². The number of allylic oxidation sites excluding steroid dienone is 1. The lowest BCUT2D eigenvalue weighted by Crippen LogP contribution is -2.53. The van der Waals surface area contributed by atoms with Gasteiger partial charge >= 0.3 is 0 Å². The van der Waals surface area contributed by atoms with Gasteiger partial charge in [-0.15, -0.1) is 0 Å². The zero-order chi connectivity index (χ0) is 15.1. The number of ketones is 1. The summed E-state index contributed by atoms with van der Waals surface area (Å²) in [5.74, 6) is -1.29.